The molecule has 0 unspecified atom stereocenters. The molecule has 7 heteroatoms. The van der Waals surface area contributed by atoms with Gasteiger partial charge >= 0.3 is 0 Å². The monoisotopic (exact) mass is 388 g/mol. The van der Waals surface area contributed by atoms with Crippen LogP contribution >= 0.6 is 11.5 Å². The minimum atomic E-state index is -0.223. The van der Waals surface area contributed by atoms with Crippen molar-refractivity contribution in [2.75, 3.05) is 11.4 Å². The highest BCUT2D eigenvalue weighted by Gasteiger charge is 2.51. The Hall–Kier alpha value is -2.02. The number of carbonyl (C=O) groups excluding carboxylic acids is 1. The van der Waals surface area contributed by atoms with E-state index in [9.17, 15) is 9.18 Å². The second-order valence-electron chi connectivity index (χ2n) is 8.04. The number of hydrogen-bond acceptors (Lipinski definition) is 5. The number of aryl methyl sites for hydroxylation is 1. The molecule has 2 fully saturated rings. The lowest BCUT2D eigenvalue weighted by Crippen LogP contribution is -2.52. The first kappa shape index (κ1) is 18.3. The van der Waals surface area contributed by atoms with Crippen molar-refractivity contribution < 1.29 is 9.18 Å². The summed E-state index contributed by atoms with van der Waals surface area (Å²) < 4.78 is 17.9. The van der Waals surface area contributed by atoms with Gasteiger partial charge in [0, 0.05) is 17.8 Å². The summed E-state index contributed by atoms with van der Waals surface area (Å²) in [6.07, 6.45) is 3.53. The molecule has 27 heavy (non-hydrogen) atoms. The van der Waals surface area contributed by atoms with Gasteiger partial charge in [0.05, 0.1) is 17.8 Å². The van der Waals surface area contributed by atoms with Crippen LogP contribution in [0, 0.1) is 5.82 Å². The molecule has 2 aliphatic heterocycles. The van der Waals surface area contributed by atoms with E-state index < -0.39 is 0 Å². The average molecular weight is 389 g/mol. The summed E-state index contributed by atoms with van der Waals surface area (Å²) in [6, 6.07) is 7.13. The highest BCUT2D eigenvalue weighted by Crippen LogP contribution is 2.44. The number of nitrogens with zero attached hydrogens (tertiary/aromatic N) is 4. The molecule has 0 radical (unpaired) electrons. The van der Waals surface area contributed by atoms with Crippen LogP contribution in [0.25, 0.3) is 0 Å². The Balaban J connectivity index is 1.67. The van der Waals surface area contributed by atoms with Crippen LogP contribution in [0.15, 0.2) is 24.3 Å². The van der Waals surface area contributed by atoms with Gasteiger partial charge in [-0.3, -0.25) is 4.79 Å². The zero-order valence-corrected chi connectivity index (χ0v) is 16.8. The fraction of sp³-hybridized carbons (Fsp3) is 0.550. The second kappa shape index (κ2) is 6.86. The fourth-order valence-corrected chi connectivity index (χ4v) is 5.50. The molecule has 2 saturated heterocycles. The zero-order valence-electron chi connectivity index (χ0n) is 16.0. The van der Waals surface area contributed by atoms with Crippen molar-refractivity contribution in [1.82, 2.24) is 14.5 Å². The van der Waals surface area contributed by atoms with Crippen LogP contribution in [0.1, 0.15) is 55.4 Å². The molecule has 144 valence electrons. The molecule has 2 atom stereocenters. The van der Waals surface area contributed by atoms with Crippen molar-refractivity contribution in [2.45, 2.75) is 64.1 Å². The van der Waals surface area contributed by atoms with Crippen molar-refractivity contribution in [2.24, 2.45) is 0 Å². The second-order valence-corrected chi connectivity index (χ2v) is 8.80. The van der Waals surface area contributed by atoms with E-state index in [0.717, 1.165) is 37.2 Å². The van der Waals surface area contributed by atoms with Crippen molar-refractivity contribution >= 4 is 23.1 Å². The standard InChI is InChI=1S/C20H25FN4OS/c1-4-15-18(27-23-22-15)19(26)24-10-6-9-16-17(24)12-20(2,3)25(16)14-8-5-7-13(21)11-14/h5,7-8,11,16-17H,4,6,9-10,12H2,1-3H3/t16-,17-/m0/s1. The number of likely N-dealkylation sites (tertiary alicyclic amines) is 1. The van der Waals surface area contributed by atoms with Crippen molar-refractivity contribution in [3.8, 4) is 0 Å². The number of hydrogen-bond donors (Lipinski definition) is 0. The van der Waals surface area contributed by atoms with Gasteiger partial charge in [-0.1, -0.05) is 17.5 Å². The van der Waals surface area contributed by atoms with Gasteiger partial charge in [-0.2, -0.15) is 0 Å². The van der Waals surface area contributed by atoms with Gasteiger partial charge in [-0.05, 0) is 69.3 Å². The number of benzene rings is 1. The Morgan fingerprint density at radius 3 is 2.93 bits per heavy atom. The predicted octanol–water partition coefficient (Wildman–Crippen LogP) is 3.90. The lowest BCUT2D eigenvalue weighted by molar-refractivity contribution is 0.0609. The fourth-order valence-electron chi connectivity index (χ4n) is 4.80. The van der Waals surface area contributed by atoms with E-state index in [1.54, 1.807) is 12.1 Å². The van der Waals surface area contributed by atoms with Crippen LogP contribution in [0.4, 0.5) is 10.1 Å². The first-order chi connectivity index (χ1) is 12.9. The summed E-state index contributed by atoms with van der Waals surface area (Å²) in [7, 11) is 0. The Morgan fingerprint density at radius 1 is 1.37 bits per heavy atom. The minimum Gasteiger partial charge on any atom is -0.361 e. The van der Waals surface area contributed by atoms with Gasteiger partial charge in [0.2, 0.25) is 0 Å². The third kappa shape index (κ3) is 3.12. The number of piperidine rings is 1. The maximum absolute atomic E-state index is 13.9. The van der Waals surface area contributed by atoms with Gasteiger partial charge in [-0.25, -0.2) is 4.39 Å². The Kier molecular flexibility index (Phi) is 4.66. The molecule has 1 aromatic heterocycles. The molecule has 4 rings (SSSR count). The quantitative estimate of drug-likeness (QED) is 0.800. The topological polar surface area (TPSA) is 49.3 Å². The number of halogens is 1. The summed E-state index contributed by atoms with van der Waals surface area (Å²) in [5.74, 6) is -0.174. The summed E-state index contributed by atoms with van der Waals surface area (Å²) in [6.45, 7) is 7.13. The average Bonchev–Trinajstić information content (AvgIpc) is 3.21. The minimum absolute atomic E-state index is 0.0495. The first-order valence-electron chi connectivity index (χ1n) is 9.59. The van der Waals surface area contributed by atoms with Crippen LogP contribution in [-0.2, 0) is 6.42 Å². The molecule has 3 heterocycles. The molecule has 0 N–H and O–H groups in total. The highest BCUT2D eigenvalue weighted by atomic mass is 32.1. The van der Waals surface area contributed by atoms with Gasteiger partial charge in [0.25, 0.3) is 5.91 Å². The van der Waals surface area contributed by atoms with Gasteiger partial charge < -0.3 is 9.80 Å². The smallest absolute Gasteiger partial charge is 0.267 e. The van der Waals surface area contributed by atoms with Crippen LogP contribution in [0.5, 0.6) is 0 Å². The predicted molar refractivity (Wildman–Crippen MR) is 105 cm³/mol. The molecule has 0 bridgehead atoms. The van der Waals surface area contributed by atoms with Crippen molar-refractivity contribution in [3.05, 3.63) is 40.7 Å². The SMILES string of the molecule is CCc1nnsc1C(=O)N1CCC[C@H]2[C@@H]1CC(C)(C)N2c1cccc(F)c1. The lowest BCUT2D eigenvalue weighted by Gasteiger charge is -2.42. The maximum Gasteiger partial charge on any atom is 0.267 e. The molecule has 1 aromatic carbocycles. The summed E-state index contributed by atoms with van der Waals surface area (Å²) >= 11 is 1.19. The third-order valence-electron chi connectivity index (χ3n) is 5.87. The summed E-state index contributed by atoms with van der Waals surface area (Å²) in [5.41, 5.74) is 1.53. The number of carbonyl (C=O) groups is 1. The molecular weight excluding hydrogens is 363 g/mol. The number of rotatable bonds is 3. The van der Waals surface area contributed by atoms with Gasteiger partial charge in [0.15, 0.2) is 0 Å². The van der Waals surface area contributed by atoms with E-state index >= 15 is 0 Å². The van der Waals surface area contributed by atoms with E-state index in [4.69, 9.17) is 0 Å². The summed E-state index contributed by atoms with van der Waals surface area (Å²) in [4.78, 5) is 18.3. The van der Waals surface area contributed by atoms with Crippen LogP contribution in [0.3, 0.4) is 0 Å². The Labute approximate surface area is 163 Å². The molecule has 2 aromatic rings. The van der Waals surface area contributed by atoms with E-state index in [2.05, 4.69) is 28.3 Å². The molecule has 0 spiro atoms. The molecule has 5 nitrogen and oxygen atoms in total. The van der Waals surface area contributed by atoms with E-state index in [1.165, 1.54) is 17.6 Å². The number of fused-ring (bicyclic) bond motifs is 1. The van der Waals surface area contributed by atoms with E-state index in [-0.39, 0.29) is 29.3 Å². The molecule has 1 amide bonds. The largest absolute Gasteiger partial charge is 0.361 e. The van der Waals surface area contributed by atoms with Crippen LogP contribution < -0.4 is 4.90 Å². The molecular formula is C20H25FN4OS. The van der Waals surface area contributed by atoms with Crippen LogP contribution in [-0.4, -0.2) is 44.6 Å². The lowest BCUT2D eigenvalue weighted by atomic mass is 9.94. The normalized spacial score (nSPS) is 24.1. The Morgan fingerprint density at radius 2 is 2.19 bits per heavy atom. The van der Waals surface area contributed by atoms with E-state index in [1.807, 2.05) is 17.9 Å². The first-order valence-corrected chi connectivity index (χ1v) is 10.4. The van der Waals surface area contributed by atoms with Crippen molar-refractivity contribution in [1.29, 1.82) is 0 Å². The van der Waals surface area contributed by atoms with Gasteiger partial charge in [-0.15, -0.1) is 5.10 Å². The Bertz CT molecular complexity index is 852. The van der Waals surface area contributed by atoms with Crippen LogP contribution in [0.2, 0.25) is 0 Å². The van der Waals surface area contributed by atoms with Gasteiger partial charge in [0.1, 0.15) is 10.7 Å². The van der Waals surface area contributed by atoms with Crippen molar-refractivity contribution in [3.63, 3.8) is 0 Å². The number of anilines is 1. The molecule has 2 aliphatic rings. The maximum atomic E-state index is 13.9. The third-order valence-corrected chi connectivity index (χ3v) is 6.62. The molecule has 0 aliphatic carbocycles. The number of amides is 1. The number of aromatic nitrogens is 2. The highest BCUT2D eigenvalue weighted by molar-refractivity contribution is 7.08. The molecule has 0 saturated carbocycles. The zero-order chi connectivity index (χ0) is 19.2. The van der Waals surface area contributed by atoms with E-state index in [0.29, 0.717) is 11.3 Å². The summed E-state index contributed by atoms with van der Waals surface area (Å²) in [5, 5.41) is 4.11.